The molecule has 0 unspecified atom stereocenters. The van der Waals surface area contributed by atoms with Gasteiger partial charge in [-0.15, -0.1) is 0 Å². The third-order valence-electron chi connectivity index (χ3n) is 3.55. The quantitative estimate of drug-likeness (QED) is 0.721. The first-order chi connectivity index (χ1) is 7.68. The van der Waals surface area contributed by atoms with Crippen LogP contribution in [0.5, 0.6) is 0 Å². The molecule has 2 nitrogen and oxygen atoms in total. The first-order valence-corrected chi connectivity index (χ1v) is 5.64. The van der Waals surface area contributed by atoms with Crippen molar-refractivity contribution in [1.82, 2.24) is 5.32 Å². The van der Waals surface area contributed by atoms with Crippen molar-refractivity contribution in [3.63, 3.8) is 0 Å². The standard InChI is InChI=1S/C12H14F2N2/c1-7-5-15-6-9-4-8-2-3-10(13)11(14)12(8)16(7)9/h2-3,7,9,15H,4-6H2,1H3/t7-,9-/m1/s1. The van der Waals surface area contributed by atoms with E-state index in [-0.39, 0.29) is 12.1 Å². The van der Waals surface area contributed by atoms with Crippen LogP contribution in [-0.2, 0) is 6.42 Å². The predicted octanol–water partition coefficient (Wildman–Crippen LogP) is 1.69. The van der Waals surface area contributed by atoms with Crippen LogP contribution in [0.25, 0.3) is 0 Å². The number of halogens is 2. The lowest BCUT2D eigenvalue weighted by atomic mass is 10.1. The number of fused-ring (bicyclic) bond motifs is 3. The summed E-state index contributed by atoms with van der Waals surface area (Å²) in [4.78, 5) is 2.03. The summed E-state index contributed by atoms with van der Waals surface area (Å²) in [5, 5.41) is 3.32. The minimum absolute atomic E-state index is 0.219. The van der Waals surface area contributed by atoms with Gasteiger partial charge in [-0.05, 0) is 25.0 Å². The van der Waals surface area contributed by atoms with E-state index in [2.05, 4.69) is 5.32 Å². The first-order valence-electron chi connectivity index (χ1n) is 5.64. The second-order valence-corrected chi connectivity index (χ2v) is 4.64. The van der Waals surface area contributed by atoms with E-state index in [0.29, 0.717) is 5.69 Å². The molecular formula is C12H14F2N2. The molecule has 0 aliphatic carbocycles. The molecule has 0 spiro atoms. The second-order valence-electron chi connectivity index (χ2n) is 4.64. The van der Waals surface area contributed by atoms with Crippen LogP contribution in [0.2, 0.25) is 0 Å². The summed E-state index contributed by atoms with van der Waals surface area (Å²) in [5.41, 5.74) is 1.42. The number of anilines is 1. The van der Waals surface area contributed by atoms with Gasteiger partial charge < -0.3 is 10.2 Å². The minimum atomic E-state index is -0.745. The lowest BCUT2D eigenvalue weighted by Gasteiger charge is -2.38. The zero-order valence-electron chi connectivity index (χ0n) is 9.13. The average Bonchev–Trinajstić information content (AvgIpc) is 2.64. The molecule has 4 heteroatoms. The number of hydrogen-bond acceptors (Lipinski definition) is 2. The Morgan fingerprint density at radius 2 is 2.12 bits per heavy atom. The Balaban J connectivity index is 2.11. The van der Waals surface area contributed by atoms with Crippen LogP contribution < -0.4 is 10.2 Å². The van der Waals surface area contributed by atoms with Gasteiger partial charge in [0.05, 0.1) is 5.69 Å². The number of piperazine rings is 1. The molecule has 2 heterocycles. The maximum atomic E-state index is 13.8. The van der Waals surface area contributed by atoms with Crippen LogP contribution >= 0.6 is 0 Å². The van der Waals surface area contributed by atoms with Gasteiger partial charge >= 0.3 is 0 Å². The summed E-state index contributed by atoms with van der Waals surface area (Å²) in [6.07, 6.45) is 0.809. The van der Waals surface area contributed by atoms with E-state index in [0.717, 1.165) is 25.1 Å². The normalized spacial score (nSPS) is 27.8. The van der Waals surface area contributed by atoms with Crippen LogP contribution in [0.1, 0.15) is 12.5 Å². The SMILES string of the molecule is C[C@@H]1CNC[C@H]2Cc3ccc(F)c(F)c3N21. The lowest BCUT2D eigenvalue weighted by molar-refractivity contribution is 0.422. The number of nitrogens with zero attached hydrogens (tertiary/aromatic N) is 1. The van der Waals surface area contributed by atoms with E-state index in [1.54, 1.807) is 6.07 Å². The Kier molecular flexibility index (Phi) is 2.14. The smallest absolute Gasteiger partial charge is 0.182 e. The largest absolute Gasteiger partial charge is 0.360 e. The molecule has 0 amide bonds. The molecule has 0 saturated carbocycles. The maximum Gasteiger partial charge on any atom is 0.182 e. The molecule has 86 valence electrons. The highest BCUT2D eigenvalue weighted by atomic mass is 19.2. The topological polar surface area (TPSA) is 15.3 Å². The van der Waals surface area contributed by atoms with E-state index in [4.69, 9.17) is 0 Å². The Hall–Kier alpha value is -1.16. The van der Waals surface area contributed by atoms with E-state index in [1.807, 2.05) is 11.8 Å². The van der Waals surface area contributed by atoms with Gasteiger partial charge in [-0.1, -0.05) is 6.07 Å². The molecule has 0 bridgehead atoms. The lowest BCUT2D eigenvalue weighted by Crippen LogP contribution is -2.55. The summed E-state index contributed by atoms with van der Waals surface area (Å²) < 4.78 is 27.1. The summed E-state index contributed by atoms with van der Waals surface area (Å²) in [5.74, 6) is -1.43. The third-order valence-corrected chi connectivity index (χ3v) is 3.55. The van der Waals surface area contributed by atoms with Gasteiger partial charge in [0.1, 0.15) is 0 Å². The molecule has 1 N–H and O–H groups in total. The van der Waals surface area contributed by atoms with Crippen LogP contribution in [-0.4, -0.2) is 25.2 Å². The van der Waals surface area contributed by atoms with Gasteiger partial charge in [-0.25, -0.2) is 8.78 Å². The molecule has 1 aromatic rings. The highest BCUT2D eigenvalue weighted by Gasteiger charge is 2.37. The fourth-order valence-corrected chi connectivity index (χ4v) is 2.87. The van der Waals surface area contributed by atoms with Crippen molar-refractivity contribution in [2.75, 3.05) is 18.0 Å². The van der Waals surface area contributed by atoms with Crippen molar-refractivity contribution in [2.24, 2.45) is 0 Å². The van der Waals surface area contributed by atoms with E-state index in [9.17, 15) is 8.78 Å². The Bertz CT molecular complexity index is 433. The fourth-order valence-electron chi connectivity index (χ4n) is 2.87. The van der Waals surface area contributed by atoms with Crippen LogP contribution in [0.15, 0.2) is 12.1 Å². The Labute approximate surface area is 93.3 Å². The van der Waals surface area contributed by atoms with Gasteiger partial charge in [0.15, 0.2) is 11.6 Å². The molecule has 2 atom stereocenters. The Morgan fingerprint density at radius 1 is 1.31 bits per heavy atom. The molecule has 2 aliphatic rings. The minimum Gasteiger partial charge on any atom is -0.360 e. The fraction of sp³-hybridized carbons (Fsp3) is 0.500. The number of hydrogen-bond donors (Lipinski definition) is 1. The zero-order valence-corrected chi connectivity index (χ0v) is 9.13. The van der Waals surface area contributed by atoms with E-state index in [1.165, 1.54) is 6.07 Å². The van der Waals surface area contributed by atoms with Crippen LogP contribution in [0, 0.1) is 11.6 Å². The van der Waals surface area contributed by atoms with Crippen molar-refractivity contribution < 1.29 is 8.78 Å². The van der Waals surface area contributed by atoms with E-state index >= 15 is 0 Å². The Morgan fingerprint density at radius 3 is 2.94 bits per heavy atom. The van der Waals surface area contributed by atoms with E-state index < -0.39 is 11.6 Å². The van der Waals surface area contributed by atoms with Crippen LogP contribution in [0.4, 0.5) is 14.5 Å². The molecule has 0 radical (unpaired) electrons. The molecule has 3 rings (SSSR count). The molecule has 0 aromatic heterocycles. The first kappa shape index (κ1) is 10.0. The van der Waals surface area contributed by atoms with Gasteiger partial charge in [-0.3, -0.25) is 0 Å². The van der Waals surface area contributed by atoms with Gasteiger partial charge in [0.25, 0.3) is 0 Å². The zero-order chi connectivity index (χ0) is 11.3. The second kappa shape index (κ2) is 3.42. The van der Waals surface area contributed by atoms with Crippen molar-refractivity contribution in [1.29, 1.82) is 0 Å². The number of rotatable bonds is 0. The van der Waals surface area contributed by atoms with Crippen molar-refractivity contribution >= 4 is 5.69 Å². The summed E-state index contributed by atoms with van der Waals surface area (Å²) in [7, 11) is 0. The number of benzene rings is 1. The third kappa shape index (κ3) is 1.26. The predicted molar refractivity (Wildman–Crippen MR) is 58.7 cm³/mol. The highest BCUT2D eigenvalue weighted by molar-refractivity contribution is 5.62. The maximum absolute atomic E-state index is 13.8. The molecular weight excluding hydrogens is 210 g/mol. The molecule has 1 fully saturated rings. The highest BCUT2D eigenvalue weighted by Crippen LogP contribution is 2.37. The van der Waals surface area contributed by atoms with Crippen molar-refractivity contribution in [3.8, 4) is 0 Å². The average molecular weight is 224 g/mol. The molecule has 1 saturated heterocycles. The summed E-state index contributed by atoms with van der Waals surface area (Å²) in [6, 6.07) is 3.43. The van der Waals surface area contributed by atoms with Gasteiger partial charge in [0.2, 0.25) is 0 Å². The molecule has 2 aliphatic heterocycles. The van der Waals surface area contributed by atoms with Crippen LogP contribution in [0.3, 0.4) is 0 Å². The molecule has 1 aromatic carbocycles. The number of nitrogens with one attached hydrogen (secondary N) is 1. The van der Waals surface area contributed by atoms with Gasteiger partial charge in [-0.2, -0.15) is 0 Å². The van der Waals surface area contributed by atoms with Gasteiger partial charge in [0, 0.05) is 25.2 Å². The monoisotopic (exact) mass is 224 g/mol. The summed E-state index contributed by atoms with van der Waals surface area (Å²) in [6.45, 7) is 3.71. The van der Waals surface area contributed by atoms with Crippen molar-refractivity contribution in [3.05, 3.63) is 29.3 Å². The molecule has 16 heavy (non-hydrogen) atoms. The summed E-state index contributed by atoms with van der Waals surface area (Å²) >= 11 is 0. The van der Waals surface area contributed by atoms with Crippen molar-refractivity contribution in [2.45, 2.75) is 25.4 Å².